The molecule has 0 amide bonds. The lowest BCUT2D eigenvalue weighted by atomic mass is 10.0. The summed E-state index contributed by atoms with van der Waals surface area (Å²) in [5, 5.41) is 13.0. The van der Waals surface area contributed by atoms with E-state index in [0.29, 0.717) is 12.6 Å². The highest BCUT2D eigenvalue weighted by atomic mass is 16.5. The van der Waals surface area contributed by atoms with Crippen LogP contribution in [-0.2, 0) is 24.3 Å². The molecular weight excluding hydrogens is 286 g/mol. The Morgan fingerprint density at radius 3 is 2.35 bits per heavy atom. The van der Waals surface area contributed by atoms with Gasteiger partial charge in [-0.25, -0.2) is 0 Å². The van der Waals surface area contributed by atoms with Gasteiger partial charge in [-0.15, -0.1) is 0 Å². The van der Waals surface area contributed by atoms with Crippen LogP contribution in [-0.4, -0.2) is 23.9 Å². The molecule has 0 radical (unpaired) electrons. The molecule has 0 bridgehead atoms. The minimum Gasteiger partial charge on any atom is -0.394 e. The van der Waals surface area contributed by atoms with Crippen LogP contribution in [0.1, 0.15) is 30.5 Å². The molecule has 3 heteroatoms. The molecule has 2 aromatic rings. The van der Waals surface area contributed by atoms with E-state index in [-0.39, 0.29) is 12.7 Å². The molecule has 0 saturated carbocycles. The Labute approximate surface area is 139 Å². The number of ether oxygens (including phenoxy) is 1. The number of hydrogen-bond donors (Lipinski definition) is 2. The average molecular weight is 313 g/mol. The lowest BCUT2D eigenvalue weighted by Gasteiger charge is -2.16. The summed E-state index contributed by atoms with van der Waals surface area (Å²) in [6, 6.07) is 19.0. The molecule has 1 unspecified atom stereocenters. The zero-order valence-corrected chi connectivity index (χ0v) is 14.0. The molecular formula is C20H27NO2. The summed E-state index contributed by atoms with van der Waals surface area (Å²) in [6.07, 6.45) is 0.544. The van der Waals surface area contributed by atoms with E-state index in [9.17, 15) is 5.11 Å². The van der Waals surface area contributed by atoms with Crippen molar-refractivity contribution in [2.75, 3.05) is 6.61 Å². The fourth-order valence-corrected chi connectivity index (χ4v) is 2.42. The van der Waals surface area contributed by atoms with E-state index in [1.54, 1.807) is 0 Å². The van der Waals surface area contributed by atoms with Crippen LogP contribution in [0.4, 0.5) is 0 Å². The molecule has 0 saturated heterocycles. The van der Waals surface area contributed by atoms with Gasteiger partial charge < -0.3 is 15.2 Å². The van der Waals surface area contributed by atoms with E-state index in [0.717, 1.165) is 18.5 Å². The number of aliphatic hydroxyl groups excluding tert-OH is 1. The van der Waals surface area contributed by atoms with E-state index in [1.807, 2.05) is 30.3 Å². The highest BCUT2D eigenvalue weighted by Gasteiger charge is 2.10. The largest absolute Gasteiger partial charge is 0.394 e. The Bertz CT molecular complexity index is 569. The number of nitrogens with one attached hydrogen (secondary N) is 1. The molecule has 0 heterocycles. The van der Waals surface area contributed by atoms with Gasteiger partial charge in [0.05, 0.1) is 19.3 Å². The van der Waals surface area contributed by atoms with Crippen molar-refractivity contribution in [3.8, 4) is 0 Å². The van der Waals surface area contributed by atoms with Crippen molar-refractivity contribution in [2.45, 2.75) is 45.6 Å². The van der Waals surface area contributed by atoms with Gasteiger partial charge >= 0.3 is 0 Å². The van der Waals surface area contributed by atoms with Crippen molar-refractivity contribution < 1.29 is 9.84 Å². The van der Waals surface area contributed by atoms with Crippen LogP contribution in [0.15, 0.2) is 54.6 Å². The van der Waals surface area contributed by atoms with Crippen LogP contribution in [0.5, 0.6) is 0 Å². The summed E-state index contributed by atoms with van der Waals surface area (Å²) in [5.74, 6) is 0. The first-order chi connectivity index (χ1) is 11.2. The molecule has 0 fully saturated rings. The summed E-state index contributed by atoms with van der Waals surface area (Å²) >= 11 is 0. The predicted molar refractivity (Wildman–Crippen MR) is 94.2 cm³/mol. The first-order valence-electron chi connectivity index (χ1n) is 8.25. The summed E-state index contributed by atoms with van der Waals surface area (Å²) in [6.45, 7) is 5.70. The van der Waals surface area contributed by atoms with Gasteiger partial charge in [-0.1, -0.05) is 68.4 Å². The monoisotopic (exact) mass is 313 g/mol. The van der Waals surface area contributed by atoms with E-state index < -0.39 is 0 Å². The summed E-state index contributed by atoms with van der Waals surface area (Å²) in [7, 11) is 0. The van der Waals surface area contributed by atoms with Crippen LogP contribution >= 0.6 is 0 Å². The van der Waals surface area contributed by atoms with Gasteiger partial charge in [0.25, 0.3) is 0 Å². The first kappa shape index (κ1) is 17.7. The maximum atomic E-state index is 9.57. The SMILES string of the molecule is CC(C)NCc1cccc(CC(CO)OCc2ccccc2)c1. The highest BCUT2D eigenvalue weighted by molar-refractivity contribution is 5.24. The molecule has 0 aliphatic rings. The second kappa shape index (κ2) is 9.46. The van der Waals surface area contributed by atoms with Crippen LogP contribution in [0.25, 0.3) is 0 Å². The number of hydrogen-bond acceptors (Lipinski definition) is 3. The summed E-state index contributed by atoms with van der Waals surface area (Å²) in [4.78, 5) is 0. The molecule has 1 atom stereocenters. The molecule has 0 aliphatic carbocycles. The second-order valence-electron chi connectivity index (χ2n) is 6.16. The van der Waals surface area contributed by atoms with Gasteiger partial charge in [-0.2, -0.15) is 0 Å². The molecule has 2 rings (SSSR count). The van der Waals surface area contributed by atoms with Crippen molar-refractivity contribution >= 4 is 0 Å². The zero-order valence-electron chi connectivity index (χ0n) is 14.0. The van der Waals surface area contributed by atoms with E-state index in [4.69, 9.17) is 4.74 Å². The lowest BCUT2D eigenvalue weighted by Crippen LogP contribution is -2.22. The van der Waals surface area contributed by atoms with Crippen LogP contribution in [0.3, 0.4) is 0 Å². The minimum absolute atomic E-state index is 0.0291. The van der Waals surface area contributed by atoms with Gasteiger partial charge in [0, 0.05) is 19.0 Å². The number of benzene rings is 2. The topological polar surface area (TPSA) is 41.5 Å². The fraction of sp³-hybridized carbons (Fsp3) is 0.400. The third-order valence-electron chi connectivity index (χ3n) is 3.70. The van der Waals surface area contributed by atoms with Gasteiger partial charge in [-0.05, 0) is 16.7 Å². The standard InChI is InChI=1S/C20H27NO2/c1-16(2)21-13-19-10-6-9-18(11-19)12-20(14-22)23-15-17-7-4-3-5-8-17/h3-11,16,20-22H,12-15H2,1-2H3. The average Bonchev–Trinajstić information content (AvgIpc) is 2.58. The van der Waals surface area contributed by atoms with Gasteiger partial charge in [0.1, 0.15) is 0 Å². The first-order valence-corrected chi connectivity index (χ1v) is 8.25. The third-order valence-corrected chi connectivity index (χ3v) is 3.70. The predicted octanol–water partition coefficient (Wildman–Crippen LogP) is 3.30. The Hall–Kier alpha value is -1.68. The van der Waals surface area contributed by atoms with Crippen LogP contribution < -0.4 is 5.32 Å². The molecule has 124 valence electrons. The van der Waals surface area contributed by atoms with Crippen molar-refractivity contribution in [3.63, 3.8) is 0 Å². The molecule has 23 heavy (non-hydrogen) atoms. The molecule has 0 aliphatic heterocycles. The summed E-state index contributed by atoms with van der Waals surface area (Å²) in [5.41, 5.74) is 3.58. The Balaban J connectivity index is 1.89. The fourth-order valence-electron chi connectivity index (χ4n) is 2.42. The van der Waals surface area contributed by atoms with Crippen molar-refractivity contribution in [1.82, 2.24) is 5.32 Å². The summed E-state index contributed by atoms with van der Waals surface area (Å²) < 4.78 is 5.85. The third kappa shape index (κ3) is 6.53. The molecule has 0 spiro atoms. The van der Waals surface area contributed by atoms with Gasteiger partial charge in [0.2, 0.25) is 0 Å². The number of rotatable bonds is 9. The Morgan fingerprint density at radius 2 is 1.65 bits per heavy atom. The van der Waals surface area contributed by atoms with Gasteiger partial charge in [0.15, 0.2) is 0 Å². The normalized spacial score (nSPS) is 12.5. The van der Waals surface area contributed by atoms with E-state index in [2.05, 4.69) is 43.4 Å². The lowest BCUT2D eigenvalue weighted by molar-refractivity contribution is 0.00316. The zero-order chi connectivity index (χ0) is 16.5. The van der Waals surface area contributed by atoms with Crippen molar-refractivity contribution in [3.05, 3.63) is 71.3 Å². The van der Waals surface area contributed by atoms with Crippen LogP contribution in [0.2, 0.25) is 0 Å². The Kier molecular flexibility index (Phi) is 7.27. The molecule has 3 nitrogen and oxygen atoms in total. The highest BCUT2D eigenvalue weighted by Crippen LogP contribution is 2.11. The molecule has 0 aromatic heterocycles. The van der Waals surface area contributed by atoms with Crippen molar-refractivity contribution in [1.29, 1.82) is 0 Å². The maximum absolute atomic E-state index is 9.57. The Morgan fingerprint density at radius 1 is 0.957 bits per heavy atom. The maximum Gasteiger partial charge on any atom is 0.0850 e. The van der Waals surface area contributed by atoms with Crippen LogP contribution in [0, 0.1) is 0 Å². The van der Waals surface area contributed by atoms with Gasteiger partial charge in [-0.3, -0.25) is 0 Å². The minimum atomic E-state index is -0.177. The quantitative estimate of drug-likeness (QED) is 0.746. The molecule has 2 N–H and O–H groups in total. The van der Waals surface area contributed by atoms with E-state index >= 15 is 0 Å². The molecule has 2 aromatic carbocycles. The second-order valence-corrected chi connectivity index (χ2v) is 6.16. The van der Waals surface area contributed by atoms with Crippen molar-refractivity contribution in [2.24, 2.45) is 0 Å². The smallest absolute Gasteiger partial charge is 0.0850 e. The number of aliphatic hydroxyl groups is 1. The van der Waals surface area contributed by atoms with E-state index in [1.165, 1.54) is 11.1 Å².